The van der Waals surface area contributed by atoms with Gasteiger partial charge in [-0.15, -0.1) is 11.3 Å². The fourth-order valence-corrected chi connectivity index (χ4v) is 2.57. The number of aryl methyl sites for hydroxylation is 1. The predicted octanol–water partition coefficient (Wildman–Crippen LogP) is 2.65. The van der Waals surface area contributed by atoms with Crippen molar-refractivity contribution in [3.8, 4) is 0 Å². The quantitative estimate of drug-likeness (QED) is 0.843. The topological polar surface area (TPSA) is 25.2 Å². The molecule has 2 aromatic rings. The highest BCUT2D eigenvalue weighted by atomic mass is 32.1. The Morgan fingerprint density at radius 3 is 2.73 bits per heavy atom. The van der Waals surface area contributed by atoms with Gasteiger partial charge >= 0.3 is 0 Å². The number of hydrogen-bond donors (Lipinski definition) is 1. The second-order valence-corrected chi connectivity index (χ2v) is 4.76. The predicted molar refractivity (Wildman–Crippen MR) is 63.2 cm³/mol. The van der Waals surface area contributed by atoms with Crippen LogP contribution in [0.15, 0.2) is 30.5 Å². The molecule has 0 spiro atoms. The van der Waals surface area contributed by atoms with Crippen molar-refractivity contribution in [3.05, 3.63) is 45.9 Å². The van der Waals surface area contributed by atoms with Gasteiger partial charge in [0.25, 0.3) is 0 Å². The van der Waals surface area contributed by atoms with Crippen LogP contribution >= 0.6 is 11.3 Å². The molecule has 0 amide bonds. The summed E-state index contributed by atoms with van der Waals surface area (Å²) in [4.78, 5) is 2.76. The van der Waals surface area contributed by atoms with Gasteiger partial charge in [-0.3, -0.25) is 0 Å². The highest BCUT2D eigenvalue weighted by Crippen LogP contribution is 2.18. The third kappa shape index (κ3) is 2.30. The molecule has 2 aromatic heterocycles. The summed E-state index contributed by atoms with van der Waals surface area (Å²) in [5.41, 5.74) is 0.974. The number of aromatic nitrogens is 1. The van der Waals surface area contributed by atoms with Crippen LogP contribution in [0.25, 0.3) is 0 Å². The molecule has 1 N–H and O–H groups in total. The van der Waals surface area contributed by atoms with Crippen LogP contribution in [-0.4, -0.2) is 9.67 Å². The molecule has 0 unspecified atom stereocenters. The van der Waals surface area contributed by atoms with Crippen LogP contribution in [0.2, 0.25) is 0 Å². The molecule has 3 heteroatoms. The second-order valence-electron chi connectivity index (χ2n) is 3.51. The van der Waals surface area contributed by atoms with Gasteiger partial charge in [-0.05, 0) is 30.7 Å². The lowest BCUT2D eigenvalue weighted by Crippen LogP contribution is -2.01. The van der Waals surface area contributed by atoms with E-state index < -0.39 is 0 Å². The SMILES string of the molecule is CCc1ccc(Cn2cccc2CO)s1. The lowest BCUT2D eigenvalue weighted by molar-refractivity contribution is 0.271. The van der Waals surface area contributed by atoms with E-state index in [2.05, 4.69) is 23.6 Å². The van der Waals surface area contributed by atoms with Gasteiger partial charge in [0.15, 0.2) is 0 Å². The Bertz CT molecular complexity index is 430. The maximum atomic E-state index is 9.12. The minimum atomic E-state index is 0.110. The first-order valence-electron chi connectivity index (χ1n) is 5.16. The molecule has 0 radical (unpaired) electrons. The van der Waals surface area contributed by atoms with Crippen molar-refractivity contribution in [2.75, 3.05) is 0 Å². The van der Waals surface area contributed by atoms with Gasteiger partial charge in [0.1, 0.15) is 0 Å². The first kappa shape index (κ1) is 10.5. The van der Waals surface area contributed by atoms with Crippen LogP contribution in [0, 0.1) is 0 Å². The minimum Gasteiger partial charge on any atom is -0.390 e. The molecule has 2 nitrogen and oxygen atoms in total. The maximum absolute atomic E-state index is 9.12. The van der Waals surface area contributed by atoms with E-state index in [0.717, 1.165) is 18.7 Å². The molecule has 0 saturated carbocycles. The lowest BCUT2D eigenvalue weighted by Gasteiger charge is -2.04. The third-order valence-electron chi connectivity index (χ3n) is 2.48. The van der Waals surface area contributed by atoms with Gasteiger partial charge in [0.05, 0.1) is 13.2 Å². The number of thiophene rings is 1. The van der Waals surface area contributed by atoms with E-state index in [9.17, 15) is 0 Å². The molecule has 0 atom stereocenters. The van der Waals surface area contributed by atoms with Crippen molar-refractivity contribution in [1.82, 2.24) is 4.57 Å². The maximum Gasteiger partial charge on any atom is 0.0832 e. The Hall–Kier alpha value is -1.06. The highest BCUT2D eigenvalue weighted by Gasteiger charge is 2.02. The smallest absolute Gasteiger partial charge is 0.0832 e. The summed E-state index contributed by atoms with van der Waals surface area (Å²) in [5, 5.41) is 9.12. The molecular formula is C12H15NOS. The molecule has 0 aliphatic rings. The molecule has 2 heterocycles. The van der Waals surface area contributed by atoms with Crippen LogP contribution in [0.4, 0.5) is 0 Å². The van der Waals surface area contributed by atoms with Crippen LogP contribution in [0.1, 0.15) is 22.4 Å². The second kappa shape index (κ2) is 4.64. The Morgan fingerprint density at radius 2 is 2.07 bits per heavy atom. The summed E-state index contributed by atoms with van der Waals surface area (Å²) in [6, 6.07) is 8.28. The largest absolute Gasteiger partial charge is 0.390 e. The average molecular weight is 221 g/mol. The third-order valence-corrected chi connectivity index (χ3v) is 3.69. The van der Waals surface area contributed by atoms with Crippen molar-refractivity contribution in [2.45, 2.75) is 26.5 Å². The Kier molecular flexibility index (Phi) is 3.23. The van der Waals surface area contributed by atoms with Gasteiger partial charge < -0.3 is 9.67 Å². The van der Waals surface area contributed by atoms with Gasteiger partial charge in [0, 0.05) is 21.6 Å². The Morgan fingerprint density at radius 1 is 1.27 bits per heavy atom. The fourth-order valence-electron chi connectivity index (χ4n) is 1.61. The standard InChI is InChI=1S/C12H15NOS/c1-2-11-5-6-12(15-11)8-13-7-3-4-10(13)9-14/h3-7,14H,2,8-9H2,1H3. The Labute approximate surface area is 93.8 Å². The molecule has 2 rings (SSSR count). The van der Waals surface area contributed by atoms with E-state index in [-0.39, 0.29) is 6.61 Å². The molecule has 0 saturated heterocycles. The molecule has 15 heavy (non-hydrogen) atoms. The summed E-state index contributed by atoms with van der Waals surface area (Å²) in [6.07, 6.45) is 3.11. The number of rotatable bonds is 4. The van der Waals surface area contributed by atoms with E-state index in [0.29, 0.717) is 0 Å². The van der Waals surface area contributed by atoms with Crippen molar-refractivity contribution in [1.29, 1.82) is 0 Å². The van der Waals surface area contributed by atoms with Crippen LogP contribution in [-0.2, 0) is 19.6 Å². The highest BCUT2D eigenvalue weighted by molar-refractivity contribution is 7.11. The first-order valence-corrected chi connectivity index (χ1v) is 5.97. The van der Waals surface area contributed by atoms with E-state index >= 15 is 0 Å². The van der Waals surface area contributed by atoms with Gasteiger partial charge in [-0.25, -0.2) is 0 Å². The lowest BCUT2D eigenvalue weighted by atomic mass is 10.3. The fraction of sp³-hybridized carbons (Fsp3) is 0.333. The average Bonchev–Trinajstić information content (AvgIpc) is 2.87. The van der Waals surface area contributed by atoms with E-state index in [1.807, 2.05) is 29.7 Å². The first-order chi connectivity index (χ1) is 7.33. The zero-order valence-corrected chi connectivity index (χ0v) is 9.63. The summed E-state index contributed by atoms with van der Waals surface area (Å²) in [7, 11) is 0. The van der Waals surface area contributed by atoms with Gasteiger partial charge in [-0.2, -0.15) is 0 Å². The summed E-state index contributed by atoms with van der Waals surface area (Å²) in [5.74, 6) is 0. The zero-order valence-electron chi connectivity index (χ0n) is 8.81. The van der Waals surface area contributed by atoms with Gasteiger partial charge in [-0.1, -0.05) is 6.92 Å². The van der Waals surface area contributed by atoms with Gasteiger partial charge in [0.2, 0.25) is 0 Å². The number of hydrogen-bond acceptors (Lipinski definition) is 2. The monoisotopic (exact) mass is 221 g/mol. The van der Waals surface area contributed by atoms with Crippen LogP contribution in [0.5, 0.6) is 0 Å². The van der Waals surface area contributed by atoms with Crippen molar-refractivity contribution in [3.63, 3.8) is 0 Å². The molecule has 0 aliphatic carbocycles. The van der Waals surface area contributed by atoms with E-state index in [1.54, 1.807) is 0 Å². The number of aliphatic hydroxyl groups excluding tert-OH is 1. The molecule has 0 aliphatic heterocycles. The van der Waals surface area contributed by atoms with E-state index in [4.69, 9.17) is 5.11 Å². The number of nitrogens with zero attached hydrogens (tertiary/aromatic N) is 1. The molecule has 0 fully saturated rings. The molecule has 80 valence electrons. The van der Waals surface area contributed by atoms with Crippen molar-refractivity contribution >= 4 is 11.3 Å². The zero-order chi connectivity index (χ0) is 10.7. The Balaban J connectivity index is 2.14. The number of aliphatic hydroxyl groups is 1. The van der Waals surface area contributed by atoms with E-state index in [1.165, 1.54) is 9.75 Å². The normalized spacial score (nSPS) is 10.8. The minimum absolute atomic E-state index is 0.110. The molecule has 0 bridgehead atoms. The molecule has 0 aromatic carbocycles. The summed E-state index contributed by atoms with van der Waals surface area (Å²) < 4.78 is 2.09. The van der Waals surface area contributed by atoms with Crippen LogP contribution in [0.3, 0.4) is 0 Å². The van der Waals surface area contributed by atoms with Crippen molar-refractivity contribution in [2.24, 2.45) is 0 Å². The molecular weight excluding hydrogens is 206 g/mol. The van der Waals surface area contributed by atoms with Crippen molar-refractivity contribution < 1.29 is 5.11 Å². The van der Waals surface area contributed by atoms with Crippen LogP contribution < -0.4 is 0 Å². The summed E-state index contributed by atoms with van der Waals surface area (Å²) in [6.45, 7) is 3.15. The summed E-state index contributed by atoms with van der Waals surface area (Å²) >= 11 is 1.85.